The van der Waals surface area contributed by atoms with Gasteiger partial charge in [0.05, 0.1) is 0 Å². The molecule has 0 spiro atoms. The van der Waals surface area contributed by atoms with Crippen LogP contribution < -0.4 is 0 Å². The average molecular weight is 156 g/mol. The molecule has 10 heavy (non-hydrogen) atoms. The number of allylic oxidation sites excluding steroid dienone is 2. The summed E-state index contributed by atoms with van der Waals surface area (Å²) in [7, 11) is 0. The van der Waals surface area contributed by atoms with E-state index in [2.05, 4.69) is 37.8 Å². The summed E-state index contributed by atoms with van der Waals surface area (Å²) in [5, 5.41) is 0. The van der Waals surface area contributed by atoms with Gasteiger partial charge in [0.2, 0.25) is 0 Å². The number of thioether (sulfide) groups is 1. The van der Waals surface area contributed by atoms with E-state index >= 15 is 0 Å². The fourth-order valence-electron chi connectivity index (χ4n) is 1.50. The maximum atomic E-state index is 2.37. The number of rotatable bonds is 2. The molecule has 2 unspecified atom stereocenters. The van der Waals surface area contributed by atoms with Crippen LogP contribution in [0, 0.1) is 11.8 Å². The highest BCUT2D eigenvalue weighted by molar-refractivity contribution is 7.99. The van der Waals surface area contributed by atoms with Gasteiger partial charge >= 0.3 is 0 Å². The van der Waals surface area contributed by atoms with Crippen LogP contribution >= 0.6 is 11.8 Å². The summed E-state index contributed by atoms with van der Waals surface area (Å²) in [6.45, 7) is 4.42. The van der Waals surface area contributed by atoms with Gasteiger partial charge in [-0.2, -0.15) is 11.8 Å². The number of hydrogen-bond donors (Lipinski definition) is 0. The molecular formula is C9H16S. The Bertz CT molecular complexity index is 118. The summed E-state index contributed by atoms with van der Waals surface area (Å²) in [6.07, 6.45) is 5.91. The van der Waals surface area contributed by atoms with E-state index in [9.17, 15) is 0 Å². The molecule has 0 aliphatic carbocycles. The van der Waals surface area contributed by atoms with Crippen molar-refractivity contribution in [1.82, 2.24) is 0 Å². The van der Waals surface area contributed by atoms with Gasteiger partial charge in [-0.25, -0.2) is 0 Å². The van der Waals surface area contributed by atoms with Gasteiger partial charge in [0.15, 0.2) is 0 Å². The summed E-state index contributed by atoms with van der Waals surface area (Å²) in [5.74, 6) is 4.56. The molecule has 1 aliphatic heterocycles. The molecule has 1 fully saturated rings. The van der Waals surface area contributed by atoms with E-state index < -0.39 is 0 Å². The van der Waals surface area contributed by atoms with Crippen LogP contribution in [0.3, 0.4) is 0 Å². The molecule has 0 N–H and O–H groups in total. The Balaban J connectivity index is 2.41. The minimum Gasteiger partial charge on any atom is -0.161 e. The van der Waals surface area contributed by atoms with E-state index in [1.807, 2.05) is 0 Å². The highest BCUT2D eigenvalue weighted by Crippen LogP contribution is 2.32. The van der Waals surface area contributed by atoms with Gasteiger partial charge in [0, 0.05) is 0 Å². The molecule has 58 valence electrons. The molecule has 1 heterocycles. The topological polar surface area (TPSA) is 0 Å². The van der Waals surface area contributed by atoms with E-state index in [1.165, 1.54) is 17.9 Å². The van der Waals surface area contributed by atoms with Crippen LogP contribution in [-0.4, -0.2) is 11.5 Å². The Morgan fingerprint density at radius 2 is 2.30 bits per heavy atom. The van der Waals surface area contributed by atoms with Crippen LogP contribution in [0.2, 0.25) is 0 Å². The van der Waals surface area contributed by atoms with Gasteiger partial charge < -0.3 is 0 Å². The number of hydrogen-bond acceptors (Lipinski definition) is 1. The molecule has 2 atom stereocenters. The Hall–Kier alpha value is 0.0900. The van der Waals surface area contributed by atoms with Crippen LogP contribution in [0.15, 0.2) is 12.2 Å². The van der Waals surface area contributed by atoms with Crippen molar-refractivity contribution in [3.8, 4) is 0 Å². The quantitative estimate of drug-likeness (QED) is 0.554. The van der Waals surface area contributed by atoms with Crippen molar-refractivity contribution in [2.45, 2.75) is 20.3 Å². The second kappa shape index (κ2) is 4.07. The van der Waals surface area contributed by atoms with Crippen molar-refractivity contribution in [2.75, 3.05) is 11.5 Å². The summed E-state index contributed by atoms with van der Waals surface area (Å²) < 4.78 is 0. The van der Waals surface area contributed by atoms with E-state index in [-0.39, 0.29) is 0 Å². The molecule has 0 aromatic heterocycles. The molecule has 1 rings (SSSR count). The third kappa shape index (κ3) is 1.79. The summed E-state index contributed by atoms with van der Waals surface area (Å²) in [5.41, 5.74) is 0. The zero-order valence-corrected chi connectivity index (χ0v) is 7.66. The third-order valence-electron chi connectivity index (χ3n) is 2.21. The van der Waals surface area contributed by atoms with Crippen molar-refractivity contribution >= 4 is 11.8 Å². The lowest BCUT2D eigenvalue weighted by Crippen LogP contribution is -2.07. The minimum absolute atomic E-state index is 0.875. The Morgan fingerprint density at radius 3 is 2.90 bits per heavy atom. The van der Waals surface area contributed by atoms with Gasteiger partial charge in [-0.05, 0) is 30.3 Å². The third-order valence-corrected chi connectivity index (χ3v) is 3.50. The SMILES string of the molecule is CC=CC1CSCC1CC. The first kappa shape index (κ1) is 8.19. The molecular weight excluding hydrogens is 140 g/mol. The van der Waals surface area contributed by atoms with Crippen molar-refractivity contribution in [2.24, 2.45) is 11.8 Å². The second-order valence-electron chi connectivity index (χ2n) is 2.90. The van der Waals surface area contributed by atoms with Gasteiger partial charge in [-0.1, -0.05) is 25.5 Å². The Kier molecular flexibility index (Phi) is 3.33. The monoisotopic (exact) mass is 156 g/mol. The summed E-state index contributed by atoms with van der Waals surface area (Å²) >= 11 is 2.10. The van der Waals surface area contributed by atoms with Crippen LogP contribution in [0.4, 0.5) is 0 Å². The molecule has 0 aromatic carbocycles. The molecule has 0 saturated carbocycles. The molecule has 0 aromatic rings. The minimum atomic E-state index is 0.875. The summed E-state index contributed by atoms with van der Waals surface area (Å²) in [6, 6.07) is 0. The highest BCUT2D eigenvalue weighted by Gasteiger charge is 2.23. The first-order valence-corrected chi connectivity index (χ1v) is 5.24. The maximum absolute atomic E-state index is 2.37. The molecule has 1 aliphatic rings. The van der Waals surface area contributed by atoms with Crippen molar-refractivity contribution in [3.05, 3.63) is 12.2 Å². The first-order valence-electron chi connectivity index (χ1n) is 4.09. The van der Waals surface area contributed by atoms with Crippen molar-refractivity contribution in [3.63, 3.8) is 0 Å². The molecule has 0 radical (unpaired) electrons. The molecule has 1 heteroatoms. The van der Waals surface area contributed by atoms with Crippen molar-refractivity contribution in [1.29, 1.82) is 0 Å². The molecule has 0 amide bonds. The van der Waals surface area contributed by atoms with Crippen LogP contribution in [0.5, 0.6) is 0 Å². The van der Waals surface area contributed by atoms with E-state index in [0.717, 1.165) is 11.8 Å². The van der Waals surface area contributed by atoms with Gasteiger partial charge in [0.25, 0.3) is 0 Å². The van der Waals surface area contributed by atoms with E-state index in [0.29, 0.717) is 0 Å². The fourth-order valence-corrected chi connectivity index (χ4v) is 3.07. The fraction of sp³-hybridized carbons (Fsp3) is 0.778. The smallest absolute Gasteiger partial charge is 0.000140 e. The normalized spacial score (nSPS) is 33.8. The zero-order chi connectivity index (χ0) is 7.40. The largest absolute Gasteiger partial charge is 0.161 e. The lowest BCUT2D eigenvalue weighted by Gasteiger charge is -2.11. The lowest BCUT2D eigenvalue weighted by atomic mass is 9.93. The average Bonchev–Trinajstić information content (AvgIpc) is 2.36. The van der Waals surface area contributed by atoms with Gasteiger partial charge in [0.1, 0.15) is 0 Å². The van der Waals surface area contributed by atoms with E-state index in [4.69, 9.17) is 0 Å². The molecule has 0 nitrogen and oxygen atoms in total. The van der Waals surface area contributed by atoms with Gasteiger partial charge in [-0.15, -0.1) is 0 Å². The maximum Gasteiger partial charge on any atom is -0.000140 e. The molecule has 0 bridgehead atoms. The van der Waals surface area contributed by atoms with Crippen LogP contribution in [0.1, 0.15) is 20.3 Å². The van der Waals surface area contributed by atoms with Gasteiger partial charge in [-0.3, -0.25) is 0 Å². The predicted octanol–water partition coefficient (Wildman–Crippen LogP) is 2.95. The highest BCUT2D eigenvalue weighted by atomic mass is 32.2. The van der Waals surface area contributed by atoms with E-state index in [1.54, 1.807) is 0 Å². The first-order chi connectivity index (χ1) is 4.88. The predicted molar refractivity (Wildman–Crippen MR) is 49.4 cm³/mol. The zero-order valence-electron chi connectivity index (χ0n) is 6.84. The second-order valence-corrected chi connectivity index (χ2v) is 3.97. The lowest BCUT2D eigenvalue weighted by molar-refractivity contribution is 0.480. The van der Waals surface area contributed by atoms with Crippen molar-refractivity contribution < 1.29 is 0 Å². The Labute approximate surface area is 68.1 Å². The standard InChI is InChI=1S/C9H16S/c1-3-5-9-7-10-6-8(9)4-2/h3,5,8-9H,4,6-7H2,1-2H3. The van der Waals surface area contributed by atoms with Crippen LogP contribution in [-0.2, 0) is 0 Å². The summed E-state index contributed by atoms with van der Waals surface area (Å²) in [4.78, 5) is 0. The molecule has 1 saturated heterocycles. The Morgan fingerprint density at radius 1 is 1.50 bits per heavy atom. The van der Waals surface area contributed by atoms with Crippen LogP contribution in [0.25, 0.3) is 0 Å².